The minimum Gasteiger partial charge on any atom is -0.480 e. The van der Waals surface area contributed by atoms with E-state index in [9.17, 15) is 41.0 Å². The van der Waals surface area contributed by atoms with E-state index in [2.05, 4.69) is 10.3 Å². The molecule has 1 amide bonds. The van der Waals surface area contributed by atoms with Crippen LogP contribution in [0.15, 0.2) is 79.0 Å². The number of benzene rings is 3. The Morgan fingerprint density at radius 2 is 1.50 bits per heavy atom. The molecule has 0 aliphatic rings. The number of hydrogen-bond donors (Lipinski definition) is 2. The first-order valence-corrected chi connectivity index (χ1v) is 11.1. The molecule has 0 aliphatic carbocycles. The Balaban J connectivity index is 1.63. The second-order valence-electron chi connectivity index (χ2n) is 8.43. The van der Waals surface area contributed by atoms with Gasteiger partial charge < -0.3 is 10.4 Å². The zero-order valence-corrected chi connectivity index (χ0v) is 19.3. The van der Waals surface area contributed by atoms with Crippen LogP contribution in [0.3, 0.4) is 0 Å². The van der Waals surface area contributed by atoms with E-state index in [1.54, 1.807) is 24.3 Å². The second kappa shape index (κ2) is 10.2. The average molecular weight is 532 g/mol. The maximum Gasteiger partial charge on any atom is 0.416 e. The van der Waals surface area contributed by atoms with Crippen molar-refractivity contribution >= 4 is 22.6 Å². The maximum atomic E-state index is 13.9. The number of nitrogens with one attached hydrogen (secondary N) is 1. The van der Waals surface area contributed by atoms with Crippen molar-refractivity contribution in [2.75, 3.05) is 0 Å². The molecule has 0 unspecified atom stereocenters. The third-order valence-electron chi connectivity index (χ3n) is 5.83. The molecule has 196 valence electrons. The van der Waals surface area contributed by atoms with Crippen molar-refractivity contribution in [2.45, 2.75) is 24.8 Å². The van der Waals surface area contributed by atoms with Crippen LogP contribution in [-0.4, -0.2) is 28.0 Å². The number of pyridine rings is 1. The zero-order valence-electron chi connectivity index (χ0n) is 19.3. The smallest absolute Gasteiger partial charge is 0.416 e. The fraction of sp³-hybridized carbons (Fsp3) is 0.148. The van der Waals surface area contributed by atoms with E-state index in [0.29, 0.717) is 11.5 Å². The first kappa shape index (κ1) is 26.6. The number of rotatable bonds is 6. The van der Waals surface area contributed by atoms with Gasteiger partial charge in [-0.05, 0) is 46.3 Å². The Labute approximate surface area is 211 Å². The van der Waals surface area contributed by atoms with E-state index in [1.807, 2.05) is 0 Å². The van der Waals surface area contributed by atoms with E-state index in [-0.39, 0.29) is 16.8 Å². The van der Waals surface area contributed by atoms with Gasteiger partial charge in [0.15, 0.2) is 0 Å². The van der Waals surface area contributed by atoms with Crippen LogP contribution in [0.25, 0.3) is 21.9 Å². The Kier molecular flexibility index (Phi) is 7.12. The number of carbonyl (C=O) groups is 2. The quantitative estimate of drug-likeness (QED) is 0.283. The molecule has 0 saturated heterocycles. The molecule has 0 fully saturated rings. The van der Waals surface area contributed by atoms with Crippen LogP contribution in [0, 0.1) is 0 Å². The van der Waals surface area contributed by atoms with Gasteiger partial charge in [0.05, 0.1) is 11.1 Å². The van der Waals surface area contributed by atoms with Gasteiger partial charge in [0.2, 0.25) is 0 Å². The van der Waals surface area contributed by atoms with Crippen LogP contribution < -0.4 is 5.32 Å². The lowest BCUT2D eigenvalue weighted by Crippen LogP contribution is -2.43. The fourth-order valence-corrected chi connectivity index (χ4v) is 3.93. The van der Waals surface area contributed by atoms with Crippen molar-refractivity contribution in [3.63, 3.8) is 0 Å². The summed E-state index contributed by atoms with van der Waals surface area (Å²) in [5, 5.41) is 13.2. The fourth-order valence-electron chi connectivity index (χ4n) is 3.93. The lowest BCUT2D eigenvalue weighted by atomic mass is 9.94. The van der Waals surface area contributed by atoms with Crippen molar-refractivity contribution in [1.82, 2.24) is 10.3 Å². The third-order valence-corrected chi connectivity index (χ3v) is 5.83. The van der Waals surface area contributed by atoms with Crippen LogP contribution in [0.1, 0.15) is 27.2 Å². The van der Waals surface area contributed by atoms with Crippen molar-refractivity contribution in [1.29, 1.82) is 0 Å². The van der Waals surface area contributed by atoms with Gasteiger partial charge in [0.1, 0.15) is 11.7 Å². The SMILES string of the molecule is O=C(N[C@@H](Cc1ccc(-c2cccc(C(F)(F)F)c2)cc1C(F)(F)F)C(=O)O)c1cc2ccccc2cn1. The van der Waals surface area contributed by atoms with Crippen molar-refractivity contribution in [2.24, 2.45) is 0 Å². The number of amides is 1. The first-order valence-electron chi connectivity index (χ1n) is 11.1. The van der Waals surface area contributed by atoms with Crippen LogP contribution in [0.4, 0.5) is 26.3 Å². The lowest BCUT2D eigenvalue weighted by molar-refractivity contribution is -0.141. The van der Waals surface area contributed by atoms with E-state index < -0.39 is 53.4 Å². The molecule has 3 aromatic carbocycles. The summed E-state index contributed by atoms with van der Waals surface area (Å²) in [5.41, 5.74) is -3.05. The molecule has 11 heteroatoms. The van der Waals surface area contributed by atoms with Gasteiger partial charge >= 0.3 is 18.3 Å². The third kappa shape index (κ3) is 5.93. The standard InChI is InChI=1S/C27H18F6N2O3/c28-26(29,30)20-7-3-6-15(10-20)17-8-9-18(21(11-17)27(31,32)33)13-23(25(37)38)35-24(36)22-12-16-4-1-2-5-19(16)14-34-22/h1-12,14,23H,13H2,(H,35,36)(H,37,38)/t23-/m0/s1. The van der Waals surface area contributed by atoms with Gasteiger partial charge in [-0.25, -0.2) is 4.79 Å². The molecule has 0 saturated carbocycles. The Morgan fingerprint density at radius 1 is 0.816 bits per heavy atom. The molecule has 4 rings (SSSR count). The van der Waals surface area contributed by atoms with Crippen molar-refractivity contribution in [3.05, 3.63) is 101 Å². The number of nitrogens with zero attached hydrogens (tertiary/aromatic N) is 1. The molecule has 4 aromatic rings. The predicted molar refractivity (Wildman–Crippen MR) is 126 cm³/mol. The molecule has 1 atom stereocenters. The van der Waals surface area contributed by atoms with Gasteiger partial charge in [-0.2, -0.15) is 26.3 Å². The molecule has 38 heavy (non-hydrogen) atoms. The second-order valence-corrected chi connectivity index (χ2v) is 8.43. The number of carbonyl (C=O) groups excluding carboxylic acids is 1. The molecular formula is C27H18F6N2O3. The number of carboxylic acids is 1. The molecule has 0 radical (unpaired) electrons. The number of aromatic nitrogens is 1. The molecular weight excluding hydrogens is 514 g/mol. The highest BCUT2D eigenvalue weighted by Crippen LogP contribution is 2.37. The number of aliphatic carboxylic acids is 1. The molecule has 1 heterocycles. The average Bonchev–Trinajstić information content (AvgIpc) is 2.87. The minimum absolute atomic E-state index is 0.0951. The highest BCUT2D eigenvalue weighted by atomic mass is 19.4. The predicted octanol–water partition coefficient (Wildman–Crippen LogP) is 6.37. The first-order chi connectivity index (χ1) is 17.8. The molecule has 0 spiro atoms. The maximum absolute atomic E-state index is 13.9. The number of halogens is 6. The van der Waals surface area contributed by atoms with Crippen LogP contribution in [-0.2, 0) is 23.6 Å². The minimum atomic E-state index is -4.94. The van der Waals surface area contributed by atoms with Gasteiger partial charge in [-0.3, -0.25) is 9.78 Å². The largest absolute Gasteiger partial charge is 0.480 e. The van der Waals surface area contributed by atoms with Gasteiger partial charge in [0.25, 0.3) is 5.91 Å². The highest BCUT2D eigenvalue weighted by Gasteiger charge is 2.36. The number of hydrogen-bond acceptors (Lipinski definition) is 3. The molecule has 5 nitrogen and oxygen atoms in total. The zero-order chi connectivity index (χ0) is 27.7. The monoisotopic (exact) mass is 532 g/mol. The molecule has 1 aromatic heterocycles. The van der Waals surface area contributed by atoms with Crippen LogP contribution in [0.5, 0.6) is 0 Å². The summed E-state index contributed by atoms with van der Waals surface area (Å²) in [6.07, 6.45) is -8.95. The summed E-state index contributed by atoms with van der Waals surface area (Å²) < 4.78 is 80.9. The van der Waals surface area contributed by atoms with Gasteiger partial charge in [0, 0.05) is 18.0 Å². The van der Waals surface area contributed by atoms with Gasteiger partial charge in [-0.1, -0.05) is 48.5 Å². The van der Waals surface area contributed by atoms with E-state index in [0.717, 1.165) is 29.7 Å². The molecule has 2 N–H and O–H groups in total. The summed E-state index contributed by atoms with van der Waals surface area (Å²) in [7, 11) is 0. The van der Waals surface area contributed by atoms with Crippen LogP contribution >= 0.6 is 0 Å². The van der Waals surface area contributed by atoms with E-state index >= 15 is 0 Å². The Hall–Kier alpha value is -4.41. The Bertz CT molecular complexity index is 1510. The number of alkyl halides is 6. The topological polar surface area (TPSA) is 79.3 Å². The van der Waals surface area contributed by atoms with Crippen LogP contribution in [0.2, 0.25) is 0 Å². The summed E-state index contributed by atoms with van der Waals surface area (Å²) in [4.78, 5) is 28.5. The number of fused-ring (bicyclic) bond motifs is 1. The van der Waals surface area contributed by atoms with Gasteiger partial charge in [-0.15, -0.1) is 0 Å². The van der Waals surface area contributed by atoms with Crippen molar-refractivity contribution < 1.29 is 41.0 Å². The normalized spacial score (nSPS) is 12.8. The summed E-state index contributed by atoms with van der Waals surface area (Å²) in [6, 6.07) is 13.3. The van der Waals surface area contributed by atoms with E-state index in [4.69, 9.17) is 0 Å². The summed E-state index contributed by atoms with van der Waals surface area (Å²) in [6.45, 7) is 0. The molecule has 0 bridgehead atoms. The number of carboxylic acid groups (broad SMARTS) is 1. The Morgan fingerprint density at radius 3 is 2.16 bits per heavy atom. The summed E-state index contributed by atoms with van der Waals surface area (Å²) >= 11 is 0. The lowest BCUT2D eigenvalue weighted by Gasteiger charge is -2.19. The molecule has 0 aliphatic heterocycles. The highest BCUT2D eigenvalue weighted by molar-refractivity contribution is 5.98. The summed E-state index contributed by atoms with van der Waals surface area (Å²) in [5.74, 6) is -2.47. The van der Waals surface area contributed by atoms with Crippen molar-refractivity contribution in [3.8, 4) is 11.1 Å². The van der Waals surface area contributed by atoms with E-state index in [1.165, 1.54) is 24.4 Å².